The average molecular weight is 241 g/mol. The lowest BCUT2D eigenvalue weighted by molar-refractivity contribution is -0.137. The van der Waals surface area contributed by atoms with Gasteiger partial charge in [-0.15, -0.1) is 0 Å². The van der Waals surface area contributed by atoms with Crippen molar-refractivity contribution in [3.8, 4) is 0 Å². The molecule has 0 amide bonds. The van der Waals surface area contributed by atoms with Crippen molar-refractivity contribution < 1.29 is 13.2 Å². The molecule has 1 heterocycles. The highest BCUT2D eigenvalue weighted by molar-refractivity contribution is 5.34. The molecule has 2 fully saturated rings. The van der Waals surface area contributed by atoms with Gasteiger partial charge in [-0.3, -0.25) is 0 Å². The number of hydrogen-bond donors (Lipinski definition) is 1. The van der Waals surface area contributed by atoms with E-state index >= 15 is 0 Å². The van der Waals surface area contributed by atoms with E-state index in [9.17, 15) is 13.2 Å². The van der Waals surface area contributed by atoms with Gasteiger partial charge in [0.1, 0.15) is 0 Å². The minimum absolute atomic E-state index is 0.347. The minimum Gasteiger partial charge on any atom is -0.316 e. The van der Waals surface area contributed by atoms with Crippen LogP contribution in [0.5, 0.6) is 0 Å². The van der Waals surface area contributed by atoms with Crippen LogP contribution >= 0.6 is 0 Å². The monoisotopic (exact) mass is 241 g/mol. The van der Waals surface area contributed by atoms with Crippen LogP contribution in [-0.2, 0) is 6.18 Å². The number of hydrogen-bond acceptors (Lipinski definition) is 1. The van der Waals surface area contributed by atoms with Gasteiger partial charge >= 0.3 is 6.18 Å². The van der Waals surface area contributed by atoms with Crippen molar-refractivity contribution in [1.29, 1.82) is 0 Å². The van der Waals surface area contributed by atoms with Crippen molar-refractivity contribution in [3.63, 3.8) is 0 Å². The van der Waals surface area contributed by atoms with E-state index in [-0.39, 0.29) is 0 Å². The van der Waals surface area contributed by atoms with E-state index in [1.54, 1.807) is 12.1 Å². The Kier molecular flexibility index (Phi) is 2.27. The first-order valence-corrected chi connectivity index (χ1v) is 5.89. The van der Waals surface area contributed by atoms with E-state index in [2.05, 4.69) is 5.32 Å². The lowest BCUT2D eigenvalue weighted by Crippen LogP contribution is -2.10. The first kappa shape index (κ1) is 11.1. The first-order valence-electron chi connectivity index (χ1n) is 5.89. The smallest absolute Gasteiger partial charge is 0.316 e. The van der Waals surface area contributed by atoms with Gasteiger partial charge in [0.25, 0.3) is 0 Å². The van der Waals surface area contributed by atoms with E-state index in [0.29, 0.717) is 11.3 Å². The molecule has 1 spiro atoms. The molecule has 1 saturated carbocycles. The van der Waals surface area contributed by atoms with E-state index in [1.807, 2.05) is 0 Å². The van der Waals surface area contributed by atoms with Crippen LogP contribution in [0.3, 0.4) is 0 Å². The normalized spacial score (nSPS) is 32.1. The number of nitrogens with one attached hydrogen (secondary N) is 1. The maximum atomic E-state index is 12.4. The highest BCUT2D eigenvalue weighted by Gasteiger charge is 2.55. The Labute approximate surface area is 98.0 Å². The molecule has 1 saturated heterocycles. The Hall–Kier alpha value is -1.03. The number of halogens is 3. The van der Waals surface area contributed by atoms with Gasteiger partial charge in [-0.2, -0.15) is 13.2 Å². The fraction of sp³-hybridized carbons (Fsp3) is 0.538. The number of alkyl halides is 3. The van der Waals surface area contributed by atoms with Crippen molar-refractivity contribution in [2.75, 3.05) is 13.1 Å². The Morgan fingerprint density at radius 3 is 2.41 bits per heavy atom. The topological polar surface area (TPSA) is 12.0 Å². The Bertz CT molecular complexity index is 415. The summed E-state index contributed by atoms with van der Waals surface area (Å²) in [6.07, 6.45) is -1.96. The minimum atomic E-state index is -4.23. The van der Waals surface area contributed by atoms with Gasteiger partial charge in [0.15, 0.2) is 0 Å². The van der Waals surface area contributed by atoms with Gasteiger partial charge < -0.3 is 5.32 Å². The van der Waals surface area contributed by atoms with Crippen LogP contribution in [0.25, 0.3) is 0 Å². The summed E-state index contributed by atoms with van der Waals surface area (Å²) in [6.45, 7) is 2.05. The molecule has 0 unspecified atom stereocenters. The summed E-state index contributed by atoms with van der Waals surface area (Å²) in [4.78, 5) is 0. The molecule has 2 aliphatic rings. The van der Waals surface area contributed by atoms with Crippen molar-refractivity contribution in [1.82, 2.24) is 5.32 Å². The fourth-order valence-electron chi connectivity index (χ4n) is 2.96. The molecule has 92 valence electrons. The summed E-state index contributed by atoms with van der Waals surface area (Å²) in [5.74, 6) is 0.458. The standard InChI is InChI=1S/C13H14F3N/c14-13(15,16)10-3-1-9(2-4-10)11-7-12(11)5-6-17-8-12/h1-4,11,17H,5-8H2/t11-,12-/m0/s1. The molecule has 0 bridgehead atoms. The van der Waals surface area contributed by atoms with E-state index in [4.69, 9.17) is 0 Å². The molecule has 1 aromatic carbocycles. The lowest BCUT2D eigenvalue weighted by Gasteiger charge is -2.10. The second-order valence-corrected chi connectivity index (χ2v) is 5.17. The molecular weight excluding hydrogens is 227 g/mol. The molecule has 1 N–H and O–H groups in total. The fourth-order valence-corrected chi connectivity index (χ4v) is 2.96. The molecule has 1 aliphatic carbocycles. The summed E-state index contributed by atoms with van der Waals surface area (Å²) in [5, 5.41) is 3.33. The highest BCUT2D eigenvalue weighted by Crippen LogP contribution is 2.62. The summed E-state index contributed by atoms with van der Waals surface area (Å²) in [5.41, 5.74) is 0.849. The van der Waals surface area contributed by atoms with Crippen LogP contribution < -0.4 is 5.32 Å². The maximum Gasteiger partial charge on any atom is 0.416 e. The third kappa shape index (κ3) is 1.84. The first-order chi connectivity index (χ1) is 8.01. The van der Waals surface area contributed by atoms with Crippen LogP contribution in [-0.4, -0.2) is 13.1 Å². The molecule has 3 rings (SSSR count). The zero-order valence-electron chi connectivity index (χ0n) is 9.35. The maximum absolute atomic E-state index is 12.4. The van der Waals surface area contributed by atoms with Crippen molar-refractivity contribution in [3.05, 3.63) is 35.4 Å². The third-order valence-electron chi connectivity index (χ3n) is 4.11. The van der Waals surface area contributed by atoms with Crippen LogP contribution in [0.1, 0.15) is 29.9 Å². The van der Waals surface area contributed by atoms with Crippen LogP contribution in [0.4, 0.5) is 13.2 Å². The number of rotatable bonds is 1. The third-order valence-corrected chi connectivity index (χ3v) is 4.11. The second-order valence-electron chi connectivity index (χ2n) is 5.17. The van der Waals surface area contributed by atoms with E-state index in [0.717, 1.165) is 31.5 Å². The largest absolute Gasteiger partial charge is 0.416 e. The SMILES string of the molecule is FC(F)(F)c1ccc([C@@H]2C[C@]23CCNC3)cc1. The zero-order valence-corrected chi connectivity index (χ0v) is 9.35. The highest BCUT2D eigenvalue weighted by atomic mass is 19.4. The second kappa shape index (κ2) is 3.48. The van der Waals surface area contributed by atoms with Crippen molar-refractivity contribution in [2.45, 2.75) is 24.9 Å². The molecule has 1 aliphatic heterocycles. The lowest BCUT2D eigenvalue weighted by atomic mass is 9.97. The molecule has 17 heavy (non-hydrogen) atoms. The molecule has 0 radical (unpaired) electrons. The van der Waals surface area contributed by atoms with Gasteiger partial charge in [0, 0.05) is 6.54 Å². The van der Waals surface area contributed by atoms with Crippen LogP contribution in [0.2, 0.25) is 0 Å². The van der Waals surface area contributed by atoms with Crippen molar-refractivity contribution in [2.24, 2.45) is 5.41 Å². The molecule has 0 aromatic heterocycles. The predicted octanol–water partition coefficient (Wildman–Crippen LogP) is 3.17. The Morgan fingerprint density at radius 1 is 1.18 bits per heavy atom. The van der Waals surface area contributed by atoms with Gasteiger partial charge in [0.2, 0.25) is 0 Å². The molecule has 2 atom stereocenters. The Balaban J connectivity index is 1.78. The van der Waals surface area contributed by atoms with Gasteiger partial charge in [-0.05, 0) is 48.4 Å². The summed E-state index contributed by atoms with van der Waals surface area (Å²) >= 11 is 0. The van der Waals surface area contributed by atoms with Crippen LogP contribution in [0.15, 0.2) is 24.3 Å². The van der Waals surface area contributed by atoms with Gasteiger partial charge in [-0.1, -0.05) is 12.1 Å². The number of benzene rings is 1. The summed E-state index contributed by atoms with van der Waals surface area (Å²) < 4.78 is 37.3. The van der Waals surface area contributed by atoms with Gasteiger partial charge in [0.05, 0.1) is 5.56 Å². The van der Waals surface area contributed by atoms with Crippen molar-refractivity contribution >= 4 is 0 Å². The molecule has 1 aromatic rings. The molecular formula is C13H14F3N. The summed E-state index contributed by atoms with van der Waals surface area (Å²) in [6, 6.07) is 5.68. The average Bonchev–Trinajstić information content (AvgIpc) is 2.76. The van der Waals surface area contributed by atoms with Crippen LogP contribution in [0, 0.1) is 5.41 Å². The molecule has 1 nitrogen and oxygen atoms in total. The van der Waals surface area contributed by atoms with E-state index < -0.39 is 11.7 Å². The van der Waals surface area contributed by atoms with E-state index in [1.165, 1.54) is 12.1 Å². The predicted molar refractivity (Wildman–Crippen MR) is 58.7 cm³/mol. The molecule has 4 heteroatoms. The summed E-state index contributed by atoms with van der Waals surface area (Å²) in [7, 11) is 0. The van der Waals surface area contributed by atoms with Gasteiger partial charge in [-0.25, -0.2) is 0 Å². The quantitative estimate of drug-likeness (QED) is 0.796. The zero-order chi connectivity index (χ0) is 12.1. The Morgan fingerprint density at radius 2 is 1.88 bits per heavy atom.